The Morgan fingerprint density at radius 2 is 1.70 bits per heavy atom. The van der Waals surface area contributed by atoms with E-state index in [1.54, 1.807) is 0 Å². The first-order chi connectivity index (χ1) is 14.7. The molecule has 0 amide bonds. The van der Waals surface area contributed by atoms with E-state index in [9.17, 15) is 5.11 Å². The minimum atomic E-state index is 0.0563. The molecule has 0 aromatic heterocycles. The van der Waals surface area contributed by atoms with Gasteiger partial charge >= 0.3 is 0 Å². The molecule has 2 aliphatic heterocycles. The molecule has 2 heterocycles. The smallest absolute Gasteiger partial charge is 0.0581 e. The molecular formula is C26H36N2O2. The van der Waals surface area contributed by atoms with Gasteiger partial charge in [0.1, 0.15) is 0 Å². The van der Waals surface area contributed by atoms with Gasteiger partial charge in [0.2, 0.25) is 0 Å². The molecule has 4 nitrogen and oxygen atoms in total. The third kappa shape index (κ3) is 5.23. The van der Waals surface area contributed by atoms with Crippen LogP contribution < -0.4 is 4.90 Å². The minimum absolute atomic E-state index is 0.0563. The van der Waals surface area contributed by atoms with E-state index in [1.807, 2.05) is 6.07 Å². The standard InChI is InChI=1S/C26H36N2O2/c1-27(23-7-3-2-4-8-23)24-12-10-22(11-13-24)20-28-16-14-26(21-29,15-17-28)19-25-9-5-6-18-30-25/h2-4,7-8,10-13,25,29H,5-6,9,14-21H2,1H3/t25-/m0/s1. The zero-order chi connectivity index (χ0) is 20.8. The summed E-state index contributed by atoms with van der Waals surface area (Å²) in [6, 6.07) is 19.4. The first-order valence-corrected chi connectivity index (χ1v) is 11.5. The van der Waals surface area contributed by atoms with Crippen molar-refractivity contribution in [2.75, 3.05) is 38.3 Å². The molecule has 0 bridgehead atoms. The largest absolute Gasteiger partial charge is 0.396 e. The van der Waals surface area contributed by atoms with E-state index in [-0.39, 0.29) is 5.41 Å². The SMILES string of the molecule is CN(c1ccccc1)c1ccc(CN2CCC(CO)(C[C@@H]3CCCCO3)CC2)cc1. The maximum atomic E-state index is 10.1. The summed E-state index contributed by atoms with van der Waals surface area (Å²) in [5.41, 5.74) is 3.81. The molecule has 2 aliphatic rings. The lowest BCUT2D eigenvalue weighted by Crippen LogP contribution is -2.44. The molecule has 4 rings (SSSR count). The fraction of sp³-hybridized carbons (Fsp3) is 0.538. The molecule has 1 N–H and O–H groups in total. The highest BCUT2D eigenvalue weighted by Gasteiger charge is 2.36. The van der Waals surface area contributed by atoms with Crippen molar-refractivity contribution in [1.29, 1.82) is 0 Å². The van der Waals surface area contributed by atoms with Gasteiger partial charge in [-0.1, -0.05) is 30.3 Å². The van der Waals surface area contributed by atoms with Crippen LogP contribution in [0, 0.1) is 5.41 Å². The molecule has 0 spiro atoms. The molecule has 30 heavy (non-hydrogen) atoms. The summed E-state index contributed by atoms with van der Waals surface area (Å²) in [6.45, 7) is 4.28. The predicted molar refractivity (Wildman–Crippen MR) is 123 cm³/mol. The molecule has 0 radical (unpaired) electrons. The molecule has 0 unspecified atom stereocenters. The summed E-state index contributed by atoms with van der Waals surface area (Å²) in [7, 11) is 2.11. The average molecular weight is 409 g/mol. The quantitative estimate of drug-likeness (QED) is 0.700. The van der Waals surface area contributed by atoms with Crippen LogP contribution in [0.4, 0.5) is 11.4 Å². The fourth-order valence-electron chi connectivity index (χ4n) is 4.95. The van der Waals surface area contributed by atoms with Crippen molar-refractivity contribution in [3.63, 3.8) is 0 Å². The number of hydrogen-bond donors (Lipinski definition) is 1. The molecule has 2 aromatic carbocycles. The lowest BCUT2D eigenvalue weighted by molar-refractivity contribution is -0.0486. The number of aliphatic hydroxyl groups is 1. The summed E-state index contributed by atoms with van der Waals surface area (Å²) in [5, 5.41) is 10.1. The summed E-state index contributed by atoms with van der Waals surface area (Å²) >= 11 is 0. The zero-order valence-electron chi connectivity index (χ0n) is 18.3. The normalized spacial score (nSPS) is 22.0. The molecule has 0 saturated carbocycles. The van der Waals surface area contributed by atoms with E-state index in [2.05, 4.69) is 65.4 Å². The monoisotopic (exact) mass is 408 g/mol. The van der Waals surface area contributed by atoms with Crippen molar-refractivity contribution in [1.82, 2.24) is 4.90 Å². The molecule has 2 aromatic rings. The summed E-state index contributed by atoms with van der Waals surface area (Å²) < 4.78 is 5.96. The molecule has 2 saturated heterocycles. The van der Waals surface area contributed by atoms with Crippen molar-refractivity contribution in [2.24, 2.45) is 5.41 Å². The number of aliphatic hydroxyl groups excluding tert-OH is 1. The van der Waals surface area contributed by atoms with Gasteiger partial charge in [-0.2, -0.15) is 0 Å². The number of ether oxygens (including phenoxy) is 1. The lowest BCUT2D eigenvalue weighted by atomic mass is 9.74. The van der Waals surface area contributed by atoms with E-state index < -0.39 is 0 Å². The van der Waals surface area contributed by atoms with Crippen molar-refractivity contribution in [2.45, 2.75) is 51.2 Å². The van der Waals surface area contributed by atoms with Crippen molar-refractivity contribution in [3.05, 3.63) is 60.2 Å². The van der Waals surface area contributed by atoms with Gasteiger partial charge in [-0.05, 0) is 86.9 Å². The van der Waals surface area contributed by atoms with Crippen LogP contribution in [0.25, 0.3) is 0 Å². The lowest BCUT2D eigenvalue weighted by Gasteiger charge is -2.43. The number of rotatable bonds is 7. The van der Waals surface area contributed by atoms with Gasteiger partial charge in [0, 0.05) is 38.2 Å². The summed E-state index contributed by atoms with van der Waals surface area (Å²) in [4.78, 5) is 4.75. The van der Waals surface area contributed by atoms with Gasteiger partial charge in [0.05, 0.1) is 6.10 Å². The Bertz CT molecular complexity index is 763. The highest BCUT2D eigenvalue weighted by atomic mass is 16.5. The first-order valence-electron chi connectivity index (χ1n) is 11.5. The second-order valence-electron chi connectivity index (χ2n) is 9.19. The van der Waals surface area contributed by atoms with E-state index in [4.69, 9.17) is 4.74 Å². The number of para-hydroxylation sites is 1. The van der Waals surface area contributed by atoms with Crippen LogP contribution in [-0.2, 0) is 11.3 Å². The van der Waals surface area contributed by atoms with Crippen LogP contribution >= 0.6 is 0 Å². The highest BCUT2D eigenvalue weighted by molar-refractivity contribution is 5.62. The van der Waals surface area contributed by atoms with E-state index in [0.717, 1.165) is 51.9 Å². The average Bonchev–Trinajstić information content (AvgIpc) is 2.82. The van der Waals surface area contributed by atoms with Gasteiger partial charge in [-0.15, -0.1) is 0 Å². The number of anilines is 2. The Hall–Kier alpha value is -1.88. The number of piperidine rings is 1. The third-order valence-corrected chi connectivity index (χ3v) is 7.06. The summed E-state index contributed by atoms with van der Waals surface area (Å²) in [5.74, 6) is 0. The van der Waals surface area contributed by atoms with Crippen molar-refractivity contribution in [3.8, 4) is 0 Å². The fourth-order valence-corrected chi connectivity index (χ4v) is 4.95. The van der Waals surface area contributed by atoms with Crippen molar-refractivity contribution < 1.29 is 9.84 Å². The number of benzene rings is 2. The first kappa shape index (κ1) is 21.4. The molecule has 0 aliphatic carbocycles. The maximum absolute atomic E-state index is 10.1. The zero-order valence-corrected chi connectivity index (χ0v) is 18.3. The molecule has 162 valence electrons. The number of hydrogen-bond acceptors (Lipinski definition) is 4. The highest BCUT2D eigenvalue weighted by Crippen LogP contribution is 2.38. The number of likely N-dealkylation sites (tertiary alicyclic amines) is 1. The molecular weight excluding hydrogens is 372 g/mol. The maximum Gasteiger partial charge on any atom is 0.0581 e. The van der Waals surface area contributed by atoms with Gasteiger partial charge in [-0.3, -0.25) is 4.90 Å². The van der Waals surface area contributed by atoms with Crippen LogP contribution in [0.3, 0.4) is 0 Å². The Kier molecular flexibility index (Phi) is 7.08. The van der Waals surface area contributed by atoms with Crippen LogP contribution in [0.5, 0.6) is 0 Å². The topological polar surface area (TPSA) is 35.9 Å². The molecule has 4 heteroatoms. The van der Waals surface area contributed by atoms with E-state index in [0.29, 0.717) is 12.7 Å². The van der Waals surface area contributed by atoms with E-state index in [1.165, 1.54) is 29.8 Å². The van der Waals surface area contributed by atoms with Gasteiger partial charge in [-0.25, -0.2) is 0 Å². The van der Waals surface area contributed by atoms with E-state index >= 15 is 0 Å². The summed E-state index contributed by atoms with van der Waals surface area (Å²) in [6.07, 6.45) is 7.14. The van der Waals surface area contributed by atoms with Crippen LogP contribution in [0.1, 0.15) is 44.1 Å². The number of nitrogens with zero attached hydrogens (tertiary/aromatic N) is 2. The predicted octanol–water partition coefficient (Wildman–Crippen LogP) is 4.99. The van der Waals surface area contributed by atoms with Gasteiger partial charge in [0.15, 0.2) is 0 Å². The van der Waals surface area contributed by atoms with Crippen LogP contribution in [0.15, 0.2) is 54.6 Å². The Balaban J connectivity index is 1.30. The Labute approximate surface area is 181 Å². The molecule has 2 fully saturated rings. The van der Waals surface area contributed by atoms with Gasteiger partial charge in [0.25, 0.3) is 0 Å². The minimum Gasteiger partial charge on any atom is -0.396 e. The van der Waals surface area contributed by atoms with Crippen LogP contribution in [-0.4, -0.2) is 49.5 Å². The third-order valence-electron chi connectivity index (χ3n) is 7.06. The Morgan fingerprint density at radius 3 is 2.33 bits per heavy atom. The Morgan fingerprint density at radius 1 is 1.00 bits per heavy atom. The second-order valence-corrected chi connectivity index (χ2v) is 9.19. The van der Waals surface area contributed by atoms with Crippen LogP contribution in [0.2, 0.25) is 0 Å². The van der Waals surface area contributed by atoms with Gasteiger partial charge < -0.3 is 14.7 Å². The second kappa shape index (κ2) is 9.95. The van der Waals surface area contributed by atoms with Crippen molar-refractivity contribution >= 4 is 11.4 Å². The molecule has 1 atom stereocenters.